The van der Waals surface area contributed by atoms with E-state index < -0.39 is 5.95 Å². The number of aromatic nitrogens is 5. The second-order valence-electron chi connectivity index (χ2n) is 6.82. The molecule has 158 valence electrons. The molecule has 0 aliphatic carbocycles. The minimum absolute atomic E-state index is 0.133. The van der Waals surface area contributed by atoms with Gasteiger partial charge >= 0.3 is 0 Å². The van der Waals surface area contributed by atoms with Crippen molar-refractivity contribution in [3.05, 3.63) is 54.5 Å². The van der Waals surface area contributed by atoms with E-state index in [-0.39, 0.29) is 12.6 Å². The van der Waals surface area contributed by atoms with E-state index in [1.54, 1.807) is 31.7 Å². The molecule has 0 atom stereocenters. The molecule has 3 heterocycles. The molecule has 0 unspecified atom stereocenters. The van der Waals surface area contributed by atoms with Gasteiger partial charge < -0.3 is 20.3 Å². The van der Waals surface area contributed by atoms with Gasteiger partial charge in [-0.1, -0.05) is 0 Å². The zero-order chi connectivity index (χ0) is 21.7. The Morgan fingerprint density at radius 3 is 2.83 bits per heavy atom. The molecule has 0 amide bonds. The minimum Gasteiger partial charge on any atom is -0.388 e. The number of allylic oxidation sites excluding steroid dienone is 1. The molecule has 0 saturated heterocycles. The van der Waals surface area contributed by atoms with Crippen molar-refractivity contribution in [2.45, 2.75) is 33.0 Å². The number of anilines is 1. The first-order valence-corrected chi connectivity index (χ1v) is 9.43. The number of aliphatic hydroxyl groups excluding tert-OH is 1. The largest absolute Gasteiger partial charge is 0.388 e. The Hall–Kier alpha value is -3.53. The smallest absolute Gasteiger partial charge is 0.206 e. The van der Waals surface area contributed by atoms with Gasteiger partial charge in [0.25, 0.3) is 0 Å². The third-order valence-electron chi connectivity index (χ3n) is 4.34. The average Bonchev–Trinajstić information content (AvgIpc) is 3.34. The molecule has 0 fully saturated rings. The molecule has 3 rings (SSSR count). The Morgan fingerprint density at radius 1 is 1.40 bits per heavy atom. The van der Waals surface area contributed by atoms with E-state index in [2.05, 4.69) is 37.3 Å². The molecule has 0 radical (unpaired) electrons. The van der Waals surface area contributed by atoms with Gasteiger partial charge in [0, 0.05) is 37.1 Å². The maximum absolute atomic E-state index is 13.0. The highest BCUT2D eigenvalue weighted by Crippen LogP contribution is 2.23. The SMILES string of the molecule is C=C(F)n1cc(C/N=C\C=C(/NC)Nc2cc3c(cn2)nc(CO)n3C(C)C)cn1. The van der Waals surface area contributed by atoms with E-state index in [1.807, 2.05) is 24.5 Å². The van der Waals surface area contributed by atoms with Crippen molar-refractivity contribution >= 4 is 29.0 Å². The van der Waals surface area contributed by atoms with Crippen molar-refractivity contribution in [1.82, 2.24) is 29.6 Å². The Labute approximate surface area is 173 Å². The number of hydrogen-bond acceptors (Lipinski definition) is 7. The number of halogens is 1. The fraction of sp³-hybridized carbons (Fsp3) is 0.300. The fourth-order valence-corrected chi connectivity index (χ4v) is 2.99. The van der Waals surface area contributed by atoms with E-state index in [0.717, 1.165) is 21.3 Å². The van der Waals surface area contributed by atoms with Crippen LogP contribution in [0.4, 0.5) is 10.2 Å². The average molecular weight is 412 g/mol. The molecule has 0 saturated carbocycles. The van der Waals surface area contributed by atoms with Gasteiger partial charge in [-0.25, -0.2) is 14.6 Å². The van der Waals surface area contributed by atoms with Crippen LogP contribution in [0.5, 0.6) is 0 Å². The normalized spacial score (nSPS) is 12.3. The maximum Gasteiger partial charge on any atom is 0.206 e. The molecule has 10 heteroatoms. The lowest BCUT2D eigenvalue weighted by atomic mass is 10.3. The number of aliphatic hydroxyl groups is 1. The van der Waals surface area contributed by atoms with E-state index in [1.165, 1.54) is 6.20 Å². The summed E-state index contributed by atoms with van der Waals surface area (Å²) >= 11 is 0. The highest BCUT2D eigenvalue weighted by Gasteiger charge is 2.13. The van der Waals surface area contributed by atoms with Crippen LogP contribution in [0, 0.1) is 0 Å². The van der Waals surface area contributed by atoms with Crippen LogP contribution in [0.3, 0.4) is 0 Å². The van der Waals surface area contributed by atoms with E-state index >= 15 is 0 Å². The van der Waals surface area contributed by atoms with Crippen LogP contribution >= 0.6 is 0 Å². The van der Waals surface area contributed by atoms with Gasteiger partial charge in [-0.05, 0) is 26.5 Å². The lowest BCUT2D eigenvalue weighted by Crippen LogP contribution is -2.15. The monoisotopic (exact) mass is 412 g/mol. The van der Waals surface area contributed by atoms with Crippen LogP contribution in [0.1, 0.15) is 31.3 Å². The lowest BCUT2D eigenvalue weighted by molar-refractivity contribution is 0.263. The van der Waals surface area contributed by atoms with Crippen LogP contribution in [0.25, 0.3) is 17.0 Å². The number of aliphatic imine (C=N–C) groups is 1. The summed E-state index contributed by atoms with van der Waals surface area (Å²) in [6, 6.07) is 2.04. The summed E-state index contributed by atoms with van der Waals surface area (Å²) in [6.45, 7) is 7.50. The summed E-state index contributed by atoms with van der Waals surface area (Å²) in [5, 5.41) is 19.7. The van der Waals surface area contributed by atoms with Gasteiger partial charge in [-0.2, -0.15) is 9.49 Å². The molecule has 0 spiro atoms. The van der Waals surface area contributed by atoms with Crippen molar-refractivity contribution < 1.29 is 9.50 Å². The second kappa shape index (κ2) is 9.31. The molecule has 3 aromatic rings. The summed E-state index contributed by atoms with van der Waals surface area (Å²) in [6.07, 6.45) is 8.16. The van der Waals surface area contributed by atoms with Gasteiger partial charge in [-0.15, -0.1) is 0 Å². The molecule has 30 heavy (non-hydrogen) atoms. The Morgan fingerprint density at radius 2 is 2.20 bits per heavy atom. The van der Waals surface area contributed by atoms with Crippen molar-refractivity contribution in [1.29, 1.82) is 0 Å². The van der Waals surface area contributed by atoms with E-state index in [9.17, 15) is 9.50 Å². The third-order valence-corrected chi connectivity index (χ3v) is 4.34. The zero-order valence-electron chi connectivity index (χ0n) is 17.2. The number of fused-ring (bicyclic) bond motifs is 1. The molecule has 9 nitrogen and oxygen atoms in total. The summed E-state index contributed by atoms with van der Waals surface area (Å²) in [7, 11) is 1.78. The van der Waals surface area contributed by atoms with Crippen LogP contribution in [-0.4, -0.2) is 42.7 Å². The molecular formula is C20H25FN8O. The highest BCUT2D eigenvalue weighted by molar-refractivity contribution is 5.79. The standard InChI is InChI=1S/C20H25FN8O/c1-13(2)29-17-7-19(24-10-16(17)26-20(29)12-30)27-18(22-4)5-6-23-8-15-9-25-28(11-15)14(3)21/h5-7,9-11,13,22,30H,3,8,12H2,1-2,4H3,(H,24,27)/b18-5+,23-6-. The summed E-state index contributed by atoms with van der Waals surface area (Å²) in [5.41, 5.74) is 2.39. The molecule has 0 aromatic carbocycles. The van der Waals surface area contributed by atoms with Crippen molar-refractivity contribution in [3.8, 4) is 0 Å². The summed E-state index contributed by atoms with van der Waals surface area (Å²) < 4.78 is 16.0. The molecule has 0 aliphatic heterocycles. The summed E-state index contributed by atoms with van der Waals surface area (Å²) in [5.74, 6) is 1.29. The van der Waals surface area contributed by atoms with Crippen LogP contribution < -0.4 is 10.6 Å². The van der Waals surface area contributed by atoms with Crippen molar-refractivity contribution in [2.24, 2.45) is 4.99 Å². The Kier molecular flexibility index (Phi) is 6.58. The number of rotatable bonds is 9. The van der Waals surface area contributed by atoms with Gasteiger partial charge in [-0.3, -0.25) is 4.99 Å². The number of hydrogen-bond donors (Lipinski definition) is 3. The van der Waals surface area contributed by atoms with Gasteiger partial charge in [0.2, 0.25) is 5.95 Å². The van der Waals surface area contributed by atoms with Crippen molar-refractivity contribution in [3.63, 3.8) is 0 Å². The molecular weight excluding hydrogens is 387 g/mol. The number of nitrogens with zero attached hydrogens (tertiary/aromatic N) is 6. The van der Waals surface area contributed by atoms with Crippen LogP contribution in [0.15, 0.2) is 48.1 Å². The zero-order valence-corrected chi connectivity index (χ0v) is 17.2. The Bertz CT molecular complexity index is 1100. The fourth-order valence-electron chi connectivity index (χ4n) is 2.99. The number of imidazole rings is 1. The molecule has 3 aromatic heterocycles. The van der Waals surface area contributed by atoms with Crippen molar-refractivity contribution in [2.75, 3.05) is 12.4 Å². The van der Waals surface area contributed by atoms with Crippen LogP contribution in [-0.2, 0) is 13.2 Å². The third kappa shape index (κ3) is 4.71. The number of nitrogens with one attached hydrogen (secondary N) is 2. The molecule has 0 bridgehead atoms. The maximum atomic E-state index is 13.0. The summed E-state index contributed by atoms with van der Waals surface area (Å²) in [4.78, 5) is 13.1. The molecule has 3 N–H and O–H groups in total. The topological polar surface area (TPSA) is 105 Å². The van der Waals surface area contributed by atoms with Gasteiger partial charge in [0.15, 0.2) is 0 Å². The quantitative estimate of drug-likeness (QED) is 0.467. The predicted molar refractivity (Wildman–Crippen MR) is 115 cm³/mol. The molecule has 0 aliphatic rings. The first-order chi connectivity index (χ1) is 14.4. The second-order valence-corrected chi connectivity index (χ2v) is 6.82. The van der Waals surface area contributed by atoms with Gasteiger partial charge in [0.1, 0.15) is 29.6 Å². The first kappa shape index (κ1) is 21.2. The lowest BCUT2D eigenvalue weighted by Gasteiger charge is -2.13. The number of pyridine rings is 1. The van der Waals surface area contributed by atoms with E-state index in [4.69, 9.17) is 0 Å². The minimum atomic E-state index is -0.638. The van der Waals surface area contributed by atoms with Gasteiger partial charge in [0.05, 0.1) is 24.5 Å². The first-order valence-electron chi connectivity index (χ1n) is 9.43. The van der Waals surface area contributed by atoms with Crippen LogP contribution in [0.2, 0.25) is 0 Å². The Balaban J connectivity index is 1.73. The highest BCUT2D eigenvalue weighted by atomic mass is 19.1. The van der Waals surface area contributed by atoms with E-state index in [0.29, 0.717) is 24.0 Å². The predicted octanol–water partition coefficient (Wildman–Crippen LogP) is 2.84.